The molecule has 2 aromatic carbocycles. The van der Waals surface area contributed by atoms with Crippen molar-refractivity contribution < 1.29 is 25.8 Å². The molecule has 0 aliphatic heterocycles. The van der Waals surface area contributed by atoms with Gasteiger partial charge in [-0.2, -0.15) is 0 Å². The molecule has 0 aliphatic carbocycles. The van der Waals surface area contributed by atoms with Gasteiger partial charge in [-0.1, -0.05) is 50.9 Å². The molecule has 6 N–H and O–H groups in total. The zero-order chi connectivity index (χ0) is 15.4. The highest BCUT2D eigenvalue weighted by molar-refractivity contribution is 7.48. The summed E-state index contributed by atoms with van der Waals surface area (Å²) in [5.74, 6) is 0. The molecule has 2 aromatic rings. The summed E-state index contributed by atoms with van der Waals surface area (Å²) < 4.78 is 9.47. The van der Waals surface area contributed by atoms with Gasteiger partial charge in [0, 0.05) is 0 Å². The highest BCUT2D eigenvalue weighted by Gasteiger charge is 1.78. The van der Waals surface area contributed by atoms with Gasteiger partial charge in [0.15, 0.2) is 0 Å². The van der Waals surface area contributed by atoms with Crippen LogP contribution in [0.5, 0.6) is 0 Å². The van der Waals surface area contributed by atoms with E-state index in [4.69, 9.17) is 0 Å². The topological polar surface area (TPSA) is 118 Å². The summed E-state index contributed by atoms with van der Waals surface area (Å²) in [6.07, 6.45) is -0.285. The second-order valence-electron chi connectivity index (χ2n) is 3.90. The molecule has 0 unspecified atom stereocenters. The first-order valence-electron chi connectivity index (χ1n) is 6.10. The van der Waals surface area contributed by atoms with Gasteiger partial charge in [0.1, 0.15) is 11.4 Å². The first kappa shape index (κ1) is 18.5. The van der Waals surface area contributed by atoms with E-state index in [0.717, 1.165) is 11.4 Å². The zero-order valence-electron chi connectivity index (χ0n) is 11.6. The maximum absolute atomic E-state index is 9.47. The lowest BCUT2D eigenvalue weighted by Gasteiger charge is -2.26. The average Bonchev–Trinajstić information content (AvgIpc) is 2.41. The molecule has 0 amide bonds. The Morgan fingerprint density at radius 3 is 1.20 bits per heavy atom. The minimum atomic E-state index is -4.15. The molecule has 0 radical (unpaired) electrons. The van der Waals surface area contributed by atoms with E-state index in [2.05, 4.69) is 11.5 Å². The van der Waals surface area contributed by atoms with Crippen LogP contribution in [0, 0.1) is 0 Å². The van der Waals surface area contributed by atoms with Gasteiger partial charge in [-0.3, -0.25) is 0 Å². The Balaban J connectivity index is 0.000000272. The van der Waals surface area contributed by atoms with E-state index in [-0.39, 0.29) is 6.16 Å². The third-order valence-electron chi connectivity index (χ3n) is 2.07. The highest BCUT2D eigenvalue weighted by Crippen LogP contribution is 2.19. The number of benzene rings is 2. The molecular formula is C14H21N2O3P. The first-order chi connectivity index (χ1) is 9.35. The Labute approximate surface area is 119 Å². The van der Waals surface area contributed by atoms with Crippen LogP contribution in [0.15, 0.2) is 60.7 Å². The van der Waals surface area contributed by atoms with Gasteiger partial charge in [-0.25, -0.2) is 0 Å². The van der Waals surface area contributed by atoms with Crippen molar-refractivity contribution >= 4 is 19.0 Å². The monoisotopic (exact) mass is 296 g/mol. The third kappa shape index (κ3) is 13.0. The van der Waals surface area contributed by atoms with E-state index in [9.17, 15) is 14.4 Å². The van der Waals surface area contributed by atoms with Crippen LogP contribution < -0.4 is 21.3 Å². The third-order valence-corrected chi connectivity index (χ3v) is 2.85. The van der Waals surface area contributed by atoms with Gasteiger partial charge in [-0.15, -0.1) is 0 Å². The molecule has 110 valence electrons. The molecule has 6 heteroatoms. The van der Waals surface area contributed by atoms with E-state index in [0.29, 0.717) is 0 Å². The van der Waals surface area contributed by atoms with Crippen LogP contribution >= 0.6 is 7.60 Å². The van der Waals surface area contributed by atoms with Gasteiger partial charge in [0.05, 0.1) is 0 Å². The number of hydrogen-bond acceptors (Lipinski definition) is 3. The van der Waals surface area contributed by atoms with E-state index in [1.807, 2.05) is 60.7 Å². The molecule has 0 fully saturated rings. The van der Waals surface area contributed by atoms with Gasteiger partial charge in [0.2, 0.25) is 0 Å². The maximum Gasteiger partial charge on any atom is 0.127 e. The molecule has 0 spiro atoms. The van der Waals surface area contributed by atoms with Gasteiger partial charge < -0.3 is 25.8 Å². The quantitative estimate of drug-likeness (QED) is 0.723. The summed E-state index contributed by atoms with van der Waals surface area (Å²) >= 11 is 0. The second kappa shape index (κ2) is 10.3. The van der Waals surface area contributed by atoms with Crippen LogP contribution in [0.2, 0.25) is 0 Å². The molecule has 0 aliphatic rings. The van der Waals surface area contributed by atoms with Gasteiger partial charge >= 0.3 is 0 Å². The second-order valence-corrected chi connectivity index (χ2v) is 5.75. The van der Waals surface area contributed by atoms with Crippen molar-refractivity contribution in [3.63, 3.8) is 0 Å². The summed E-state index contributed by atoms with van der Waals surface area (Å²) in [6, 6.07) is 19.7. The fourth-order valence-corrected chi connectivity index (χ4v) is 0.956. The number of quaternary nitrogens is 2. The predicted molar refractivity (Wildman–Crippen MR) is 76.1 cm³/mol. The summed E-state index contributed by atoms with van der Waals surface area (Å²) in [6.45, 7) is 1.32. The smallest absolute Gasteiger partial charge is 0.127 e. The fraction of sp³-hybridized carbons (Fsp3) is 0.143. The molecule has 0 bridgehead atoms. The summed E-state index contributed by atoms with van der Waals surface area (Å²) in [7, 11) is -4.15. The Morgan fingerprint density at radius 1 is 0.850 bits per heavy atom. The van der Waals surface area contributed by atoms with Crippen LogP contribution in [0.4, 0.5) is 11.4 Å². The molecule has 5 nitrogen and oxygen atoms in total. The van der Waals surface area contributed by atoms with Crippen LogP contribution in [-0.4, -0.2) is 6.16 Å². The Kier molecular flexibility index (Phi) is 9.55. The van der Waals surface area contributed by atoms with Crippen molar-refractivity contribution in [3.05, 3.63) is 60.7 Å². The average molecular weight is 296 g/mol. The van der Waals surface area contributed by atoms with Gasteiger partial charge in [0.25, 0.3) is 0 Å². The predicted octanol–water partition coefficient (Wildman–Crippen LogP) is 0.0400. The summed E-state index contributed by atoms with van der Waals surface area (Å²) in [5.41, 5.74) is 9.58. The minimum Gasteiger partial charge on any atom is -0.811 e. The van der Waals surface area contributed by atoms with Crippen molar-refractivity contribution in [2.45, 2.75) is 6.92 Å². The maximum atomic E-state index is 9.47. The van der Waals surface area contributed by atoms with Crippen molar-refractivity contribution in [1.82, 2.24) is 0 Å². The van der Waals surface area contributed by atoms with Crippen molar-refractivity contribution in [2.75, 3.05) is 6.16 Å². The lowest BCUT2D eigenvalue weighted by Crippen LogP contribution is -2.39. The normalized spacial score (nSPS) is 9.65. The number of hydrogen-bond donors (Lipinski definition) is 2. The lowest BCUT2D eigenvalue weighted by molar-refractivity contribution is -0.313. The standard InChI is InChI=1S/2C6H7N.C2H7O3P/c2*7-6-4-2-1-3-5-6;1-2-6(3,4)5/h2*1-5H,7H2;2H2,1H3,(H2,3,4,5). The highest BCUT2D eigenvalue weighted by atomic mass is 31.2. The SMILES string of the molecule is CCP(=O)([O-])[O-].[NH3+]c1ccccc1.[NH3+]c1ccccc1. The Morgan fingerprint density at radius 2 is 1.10 bits per heavy atom. The summed E-state index contributed by atoms with van der Waals surface area (Å²) in [4.78, 5) is 18.9. The molecule has 0 aromatic heterocycles. The Bertz CT molecular complexity index is 463. The molecular weight excluding hydrogens is 275 g/mol. The molecule has 0 heterocycles. The summed E-state index contributed by atoms with van der Waals surface area (Å²) in [5, 5.41) is 0. The molecule has 20 heavy (non-hydrogen) atoms. The zero-order valence-corrected chi connectivity index (χ0v) is 12.5. The van der Waals surface area contributed by atoms with Crippen LogP contribution in [-0.2, 0) is 4.57 Å². The lowest BCUT2D eigenvalue weighted by atomic mass is 10.3. The van der Waals surface area contributed by atoms with E-state index < -0.39 is 7.60 Å². The molecule has 2 rings (SSSR count). The van der Waals surface area contributed by atoms with E-state index >= 15 is 0 Å². The Hall–Kier alpha value is -1.49. The van der Waals surface area contributed by atoms with E-state index in [1.165, 1.54) is 6.92 Å². The van der Waals surface area contributed by atoms with Crippen molar-refractivity contribution in [2.24, 2.45) is 0 Å². The van der Waals surface area contributed by atoms with Crippen LogP contribution in [0.1, 0.15) is 6.92 Å². The molecule has 0 atom stereocenters. The van der Waals surface area contributed by atoms with Crippen LogP contribution in [0.25, 0.3) is 0 Å². The number of rotatable bonds is 1. The van der Waals surface area contributed by atoms with Gasteiger partial charge in [-0.05, 0) is 30.4 Å². The first-order valence-corrected chi connectivity index (χ1v) is 7.83. The van der Waals surface area contributed by atoms with E-state index in [1.54, 1.807) is 0 Å². The fourth-order valence-electron chi connectivity index (χ4n) is 0.956. The molecule has 0 saturated carbocycles. The minimum absolute atomic E-state index is 0.285. The van der Waals surface area contributed by atoms with Crippen molar-refractivity contribution in [3.8, 4) is 0 Å². The largest absolute Gasteiger partial charge is 0.811 e. The van der Waals surface area contributed by atoms with Crippen molar-refractivity contribution in [1.29, 1.82) is 0 Å². The molecule has 0 saturated heterocycles. The van der Waals surface area contributed by atoms with Crippen LogP contribution in [0.3, 0.4) is 0 Å².